The second-order valence-corrected chi connectivity index (χ2v) is 5.39. The van der Waals surface area contributed by atoms with Crippen LogP contribution in [0.15, 0.2) is 42.5 Å². The number of rotatable bonds is 2. The molecule has 0 spiro atoms. The molecule has 1 aliphatic rings. The highest BCUT2D eigenvalue weighted by molar-refractivity contribution is 6.03. The molecule has 23 heavy (non-hydrogen) atoms. The van der Waals surface area contributed by atoms with Crippen molar-refractivity contribution >= 4 is 5.91 Å². The van der Waals surface area contributed by atoms with Gasteiger partial charge in [-0.05, 0) is 35.2 Å². The fourth-order valence-corrected chi connectivity index (χ4v) is 2.72. The molecule has 0 aliphatic carbocycles. The van der Waals surface area contributed by atoms with E-state index >= 15 is 0 Å². The van der Waals surface area contributed by atoms with Gasteiger partial charge >= 0.3 is 6.36 Å². The van der Waals surface area contributed by atoms with E-state index in [0.717, 1.165) is 17.5 Å². The first-order chi connectivity index (χ1) is 10.8. The number of carbonyl (C=O) groups excluding carboxylic acids is 1. The van der Waals surface area contributed by atoms with Gasteiger partial charge in [0.05, 0.1) is 5.56 Å². The highest BCUT2D eigenvalue weighted by Gasteiger charge is 2.31. The molecule has 0 saturated carbocycles. The molecule has 120 valence electrons. The predicted octanol–water partition coefficient (Wildman–Crippen LogP) is 3.88. The van der Waals surface area contributed by atoms with Crippen LogP contribution >= 0.6 is 0 Å². The number of hydrogen-bond acceptors (Lipinski definition) is 2. The fraction of sp³-hybridized carbons (Fsp3) is 0.235. The van der Waals surface area contributed by atoms with Gasteiger partial charge in [0, 0.05) is 13.6 Å². The van der Waals surface area contributed by atoms with Gasteiger partial charge in [0.1, 0.15) is 5.75 Å². The lowest BCUT2D eigenvalue weighted by atomic mass is 9.91. The molecular formula is C17H14F3NO2. The third kappa shape index (κ3) is 3.16. The molecule has 0 fully saturated rings. The van der Waals surface area contributed by atoms with Crippen LogP contribution in [0.5, 0.6) is 5.75 Å². The lowest BCUT2D eigenvalue weighted by molar-refractivity contribution is -0.274. The van der Waals surface area contributed by atoms with E-state index in [4.69, 9.17) is 0 Å². The number of carbonyl (C=O) groups is 1. The summed E-state index contributed by atoms with van der Waals surface area (Å²) in [5, 5.41) is 0. The molecule has 1 amide bonds. The van der Waals surface area contributed by atoms with Crippen molar-refractivity contribution in [2.75, 3.05) is 13.6 Å². The van der Waals surface area contributed by atoms with Crippen LogP contribution in [0, 0.1) is 0 Å². The summed E-state index contributed by atoms with van der Waals surface area (Å²) in [6.07, 6.45) is -3.95. The third-order valence-corrected chi connectivity index (χ3v) is 3.83. The maximum atomic E-state index is 12.4. The lowest BCUT2D eigenvalue weighted by Gasteiger charge is -2.26. The number of alkyl halides is 3. The molecule has 0 atom stereocenters. The normalized spacial score (nSPS) is 14.6. The SMILES string of the molecule is CN1CCc2cccc(-c3ccc(OC(F)(F)F)cc3)c2C1=O. The number of halogens is 3. The smallest absolute Gasteiger partial charge is 0.406 e. The summed E-state index contributed by atoms with van der Waals surface area (Å²) < 4.78 is 40.5. The standard InChI is InChI=1S/C17H14F3NO2/c1-21-10-9-12-3-2-4-14(15(12)16(21)22)11-5-7-13(8-6-11)23-17(18,19)20/h2-8H,9-10H2,1H3. The summed E-state index contributed by atoms with van der Waals surface area (Å²) >= 11 is 0. The van der Waals surface area contributed by atoms with Gasteiger partial charge in [-0.15, -0.1) is 13.2 Å². The number of likely N-dealkylation sites (N-methyl/N-ethyl adjacent to an activating group) is 1. The first-order valence-corrected chi connectivity index (χ1v) is 7.09. The van der Waals surface area contributed by atoms with E-state index in [1.807, 2.05) is 12.1 Å². The van der Waals surface area contributed by atoms with Crippen molar-refractivity contribution in [2.45, 2.75) is 12.8 Å². The zero-order valence-electron chi connectivity index (χ0n) is 12.4. The minimum absolute atomic E-state index is 0.0718. The molecule has 0 bridgehead atoms. The Labute approximate surface area is 131 Å². The highest BCUT2D eigenvalue weighted by Crippen LogP contribution is 2.32. The Balaban J connectivity index is 1.98. The van der Waals surface area contributed by atoms with E-state index in [2.05, 4.69) is 4.74 Å². The van der Waals surface area contributed by atoms with Gasteiger partial charge in [-0.1, -0.05) is 30.3 Å². The maximum Gasteiger partial charge on any atom is 0.573 e. The zero-order valence-corrected chi connectivity index (χ0v) is 12.4. The molecule has 0 N–H and O–H groups in total. The second kappa shape index (κ2) is 5.61. The number of ether oxygens (including phenoxy) is 1. The molecule has 2 aromatic carbocycles. The zero-order chi connectivity index (χ0) is 16.6. The molecule has 0 saturated heterocycles. The van der Waals surface area contributed by atoms with Crippen LogP contribution in [0.2, 0.25) is 0 Å². The Bertz CT molecular complexity index is 738. The monoisotopic (exact) mass is 321 g/mol. The Kier molecular flexibility index (Phi) is 3.75. The van der Waals surface area contributed by atoms with Crippen LogP contribution in [0.1, 0.15) is 15.9 Å². The number of nitrogens with zero attached hydrogens (tertiary/aromatic N) is 1. The quantitative estimate of drug-likeness (QED) is 0.840. The second-order valence-electron chi connectivity index (χ2n) is 5.39. The minimum atomic E-state index is -4.72. The summed E-state index contributed by atoms with van der Waals surface area (Å²) in [7, 11) is 1.74. The Morgan fingerprint density at radius 2 is 1.78 bits per heavy atom. The van der Waals surface area contributed by atoms with Gasteiger partial charge in [0.25, 0.3) is 5.91 Å². The van der Waals surface area contributed by atoms with Crippen molar-refractivity contribution in [3.63, 3.8) is 0 Å². The number of fused-ring (bicyclic) bond motifs is 1. The largest absolute Gasteiger partial charge is 0.573 e. The van der Waals surface area contributed by atoms with Crippen LogP contribution in [-0.4, -0.2) is 30.8 Å². The van der Waals surface area contributed by atoms with Crippen molar-refractivity contribution < 1.29 is 22.7 Å². The van der Waals surface area contributed by atoms with E-state index < -0.39 is 6.36 Å². The lowest BCUT2D eigenvalue weighted by Crippen LogP contribution is -2.34. The topological polar surface area (TPSA) is 29.5 Å². The van der Waals surface area contributed by atoms with Crippen LogP contribution in [0.4, 0.5) is 13.2 Å². The predicted molar refractivity (Wildman–Crippen MR) is 79.2 cm³/mol. The molecule has 2 aromatic rings. The summed E-state index contributed by atoms with van der Waals surface area (Å²) in [5.74, 6) is -0.355. The number of benzene rings is 2. The molecule has 1 aliphatic heterocycles. The summed E-state index contributed by atoms with van der Waals surface area (Å²) in [6.45, 7) is 0.660. The number of amides is 1. The van der Waals surface area contributed by atoms with E-state index in [-0.39, 0.29) is 11.7 Å². The Morgan fingerprint density at radius 3 is 2.43 bits per heavy atom. The Hall–Kier alpha value is -2.50. The van der Waals surface area contributed by atoms with Gasteiger partial charge in [0.2, 0.25) is 0 Å². The van der Waals surface area contributed by atoms with Crippen molar-refractivity contribution in [3.05, 3.63) is 53.6 Å². The average Bonchev–Trinajstić information content (AvgIpc) is 2.50. The van der Waals surface area contributed by atoms with E-state index in [1.54, 1.807) is 18.0 Å². The average molecular weight is 321 g/mol. The van der Waals surface area contributed by atoms with Gasteiger partial charge < -0.3 is 9.64 Å². The van der Waals surface area contributed by atoms with Crippen LogP contribution in [-0.2, 0) is 6.42 Å². The molecule has 3 nitrogen and oxygen atoms in total. The van der Waals surface area contributed by atoms with E-state index in [0.29, 0.717) is 17.7 Å². The summed E-state index contributed by atoms with van der Waals surface area (Å²) in [6, 6.07) is 11.1. The minimum Gasteiger partial charge on any atom is -0.406 e. The summed E-state index contributed by atoms with van der Waals surface area (Å²) in [5.41, 5.74) is 2.98. The van der Waals surface area contributed by atoms with Crippen LogP contribution in [0.3, 0.4) is 0 Å². The summed E-state index contributed by atoms with van der Waals surface area (Å²) in [4.78, 5) is 14.1. The fourth-order valence-electron chi connectivity index (χ4n) is 2.72. The van der Waals surface area contributed by atoms with Crippen LogP contribution < -0.4 is 4.74 Å². The van der Waals surface area contributed by atoms with Crippen molar-refractivity contribution in [1.29, 1.82) is 0 Å². The number of hydrogen-bond donors (Lipinski definition) is 0. The van der Waals surface area contributed by atoms with Crippen molar-refractivity contribution in [3.8, 4) is 16.9 Å². The third-order valence-electron chi connectivity index (χ3n) is 3.83. The van der Waals surface area contributed by atoms with Gasteiger partial charge in [0.15, 0.2) is 0 Å². The van der Waals surface area contributed by atoms with Gasteiger partial charge in [-0.3, -0.25) is 4.79 Å². The van der Waals surface area contributed by atoms with Gasteiger partial charge in [-0.25, -0.2) is 0 Å². The molecular weight excluding hydrogens is 307 g/mol. The molecule has 3 rings (SSSR count). The molecule has 6 heteroatoms. The van der Waals surface area contributed by atoms with Crippen molar-refractivity contribution in [1.82, 2.24) is 4.90 Å². The van der Waals surface area contributed by atoms with Crippen molar-refractivity contribution in [2.24, 2.45) is 0 Å². The van der Waals surface area contributed by atoms with Crippen LogP contribution in [0.25, 0.3) is 11.1 Å². The molecule has 0 unspecified atom stereocenters. The van der Waals surface area contributed by atoms with E-state index in [9.17, 15) is 18.0 Å². The molecule has 0 aromatic heterocycles. The molecule has 1 heterocycles. The first kappa shape index (κ1) is 15.4. The van der Waals surface area contributed by atoms with E-state index in [1.165, 1.54) is 24.3 Å². The Morgan fingerprint density at radius 1 is 1.09 bits per heavy atom. The molecule has 0 radical (unpaired) electrons. The highest BCUT2D eigenvalue weighted by atomic mass is 19.4. The first-order valence-electron chi connectivity index (χ1n) is 7.09. The maximum absolute atomic E-state index is 12.4. The van der Waals surface area contributed by atoms with Gasteiger partial charge in [-0.2, -0.15) is 0 Å².